The van der Waals surface area contributed by atoms with Gasteiger partial charge in [-0.15, -0.1) is 0 Å². The summed E-state index contributed by atoms with van der Waals surface area (Å²) in [7, 11) is 0. The van der Waals surface area contributed by atoms with Crippen LogP contribution >= 0.6 is 0 Å². The fourth-order valence-corrected chi connectivity index (χ4v) is 2.42. The molecule has 1 heterocycles. The number of carbonyl (C=O) groups is 4. The fourth-order valence-electron chi connectivity index (χ4n) is 2.42. The van der Waals surface area contributed by atoms with Gasteiger partial charge in [0.15, 0.2) is 0 Å². The molecule has 2 rings (SSSR count). The van der Waals surface area contributed by atoms with Crippen molar-refractivity contribution in [3.63, 3.8) is 0 Å². The minimum Gasteiger partial charge on any atom is -0.480 e. The van der Waals surface area contributed by atoms with E-state index in [2.05, 4.69) is 5.32 Å². The molecule has 1 unspecified atom stereocenters. The zero-order valence-corrected chi connectivity index (χ0v) is 13.6. The van der Waals surface area contributed by atoms with Crippen molar-refractivity contribution in [2.45, 2.75) is 31.9 Å². The number of carboxylic acids is 1. The van der Waals surface area contributed by atoms with Crippen LogP contribution in [0.1, 0.15) is 24.8 Å². The van der Waals surface area contributed by atoms with E-state index in [0.717, 1.165) is 5.56 Å². The Morgan fingerprint density at radius 3 is 2.40 bits per heavy atom. The van der Waals surface area contributed by atoms with E-state index in [0.29, 0.717) is 0 Å². The third-order valence-electron chi connectivity index (χ3n) is 3.86. The Kier molecular flexibility index (Phi) is 6.50. The number of ketones is 1. The molecule has 0 bridgehead atoms. The average molecular weight is 348 g/mol. The monoisotopic (exact) mass is 348 g/mol. The number of hydrogen-bond acceptors (Lipinski definition) is 5. The maximum absolute atomic E-state index is 12.1. The maximum atomic E-state index is 12.1. The number of aliphatic carboxylic acids is 1. The molecule has 1 aromatic carbocycles. The first-order chi connectivity index (χ1) is 12.0. The van der Waals surface area contributed by atoms with Crippen LogP contribution in [0.5, 0.6) is 0 Å². The smallest absolute Gasteiger partial charge is 0.408 e. The Morgan fingerprint density at radius 2 is 1.80 bits per heavy atom. The standard InChI is InChI=1S/C17H20N2O6/c20-13-6-8-19(9-7-13)15(21)10-14(16(22)23)18-17(24)25-11-12-4-2-1-3-5-12/h1-5,14H,6-11H2,(H,18,24)(H,22,23). The largest absolute Gasteiger partial charge is 0.480 e. The van der Waals surface area contributed by atoms with Crippen molar-refractivity contribution in [2.24, 2.45) is 0 Å². The number of alkyl carbamates (subject to hydrolysis) is 1. The van der Waals surface area contributed by atoms with Crippen molar-refractivity contribution in [1.82, 2.24) is 10.2 Å². The lowest BCUT2D eigenvalue weighted by atomic mass is 10.1. The number of carbonyl (C=O) groups excluding carboxylic acids is 3. The summed E-state index contributed by atoms with van der Waals surface area (Å²) < 4.78 is 4.97. The van der Waals surface area contributed by atoms with Crippen LogP contribution in [0.2, 0.25) is 0 Å². The predicted octanol–water partition coefficient (Wildman–Crippen LogP) is 0.948. The van der Waals surface area contributed by atoms with Gasteiger partial charge in [0.05, 0.1) is 6.42 Å². The highest BCUT2D eigenvalue weighted by molar-refractivity contribution is 5.88. The van der Waals surface area contributed by atoms with Gasteiger partial charge in [-0.3, -0.25) is 9.59 Å². The van der Waals surface area contributed by atoms with Gasteiger partial charge in [-0.05, 0) is 5.56 Å². The van der Waals surface area contributed by atoms with E-state index in [9.17, 15) is 24.3 Å². The first-order valence-corrected chi connectivity index (χ1v) is 7.95. The van der Waals surface area contributed by atoms with Crippen LogP contribution in [0, 0.1) is 0 Å². The van der Waals surface area contributed by atoms with Gasteiger partial charge in [0.25, 0.3) is 0 Å². The van der Waals surface area contributed by atoms with Gasteiger partial charge in [-0.25, -0.2) is 9.59 Å². The van der Waals surface area contributed by atoms with Crippen LogP contribution < -0.4 is 5.32 Å². The van der Waals surface area contributed by atoms with Gasteiger partial charge in [-0.1, -0.05) is 30.3 Å². The maximum Gasteiger partial charge on any atom is 0.408 e. The van der Waals surface area contributed by atoms with Gasteiger partial charge < -0.3 is 20.1 Å². The summed E-state index contributed by atoms with van der Waals surface area (Å²) in [5, 5.41) is 11.4. The van der Waals surface area contributed by atoms with Crippen LogP contribution in [0.3, 0.4) is 0 Å². The first kappa shape index (κ1) is 18.4. The summed E-state index contributed by atoms with van der Waals surface area (Å²) in [6, 6.07) is 7.56. The number of amides is 2. The van der Waals surface area contributed by atoms with Gasteiger partial charge in [-0.2, -0.15) is 0 Å². The SMILES string of the molecule is O=C1CCN(C(=O)CC(NC(=O)OCc2ccccc2)C(=O)O)CC1. The van der Waals surface area contributed by atoms with Crippen molar-refractivity contribution >= 4 is 23.8 Å². The molecule has 8 nitrogen and oxygen atoms in total. The molecule has 0 aliphatic carbocycles. The van der Waals surface area contributed by atoms with Gasteiger partial charge >= 0.3 is 12.1 Å². The lowest BCUT2D eigenvalue weighted by Gasteiger charge is -2.27. The molecule has 1 saturated heterocycles. The molecule has 1 fully saturated rings. The third kappa shape index (κ3) is 5.91. The number of piperidine rings is 1. The molecule has 1 aromatic rings. The average Bonchev–Trinajstić information content (AvgIpc) is 2.60. The summed E-state index contributed by atoms with van der Waals surface area (Å²) >= 11 is 0. The Morgan fingerprint density at radius 1 is 1.16 bits per heavy atom. The van der Waals surface area contributed by atoms with E-state index >= 15 is 0 Å². The van der Waals surface area contributed by atoms with Crippen molar-refractivity contribution in [2.75, 3.05) is 13.1 Å². The molecular weight excluding hydrogens is 328 g/mol. The Bertz CT molecular complexity index is 636. The number of Topliss-reactive ketones (excluding diaryl/α,β-unsaturated/α-hetero) is 1. The minimum absolute atomic E-state index is 0.00119. The Balaban J connectivity index is 1.83. The lowest BCUT2D eigenvalue weighted by molar-refractivity contribution is -0.144. The zero-order chi connectivity index (χ0) is 18.2. The first-order valence-electron chi connectivity index (χ1n) is 7.95. The normalized spacial score (nSPS) is 15.4. The molecule has 134 valence electrons. The molecule has 2 N–H and O–H groups in total. The summed E-state index contributed by atoms with van der Waals surface area (Å²) in [6.07, 6.45) is -0.742. The number of rotatable bonds is 6. The summed E-state index contributed by atoms with van der Waals surface area (Å²) in [4.78, 5) is 47.8. The Hall–Kier alpha value is -2.90. The van der Waals surface area contributed by atoms with Crippen molar-refractivity contribution in [3.05, 3.63) is 35.9 Å². The van der Waals surface area contributed by atoms with Crippen LogP contribution in [0.4, 0.5) is 4.79 Å². The van der Waals surface area contributed by atoms with Gasteiger partial charge in [0.2, 0.25) is 5.91 Å². The summed E-state index contributed by atoms with van der Waals surface area (Å²) in [5.74, 6) is -1.65. The third-order valence-corrected chi connectivity index (χ3v) is 3.86. The number of carboxylic acid groups (broad SMARTS) is 1. The molecular formula is C17H20N2O6. The number of ether oxygens (including phenoxy) is 1. The fraction of sp³-hybridized carbons (Fsp3) is 0.412. The van der Waals surface area contributed by atoms with Crippen molar-refractivity contribution < 1.29 is 29.0 Å². The molecule has 25 heavy (non-hydrogen) atoms. The second kappa shape index (κ2) is 8.81. The van der Waals surface area contributed by atoms with Gasteiger partial charge in [0, 0.05) is 25.9 Å². The molecule has 1 atom stereocenters. The minimum atomic E-state index is -1.38. The Labute approximate surface area is 144 Å². The number of nitrogens with zero attached hydrogens (tertiary/aromatic N) is 1. The van der Waals surface area contributed by atoms with E-state index in [1.807, 2.05) is 6.07 Å². The van der Waals surface area contributed by atoms with E-state index in [-0.39, 0.29) is 44.7 Å². The van der Waals surface area contributed by atoms with E-state index in [1.165, 1.54) is 4.90 Å². The topological polar surface area (TPSA) is 113 Å². The highest BCUT2D eigenvalue weighted by atomic mass is 16.5. The van der Waals surface area contributed by atoms with Crippen LogP contribution in [0.25, 0.3) is 0 Å². The summed E-state index contributed by atoms with van der Waals surface area (Å²) in [6.45, 7) is 0.562. The molecule has 0 saturated carbocycles. The van der Waals surface area contributed by atoms with Crippen molar-refractivity contribution in [3.8, 4) is 0 Å². The van der Waals surface area contributed by atoms with E-state index < -0.39 is 24.0 Å². The second-order valence-electron chi connectivity index (χ2n) is 5.72. The number of likely N-dealkylation sites (tertiary alicyclic amines) is 1. The lowest BCUT2D eigenvalue weighted by Crippen LogP contribution is -2.46. The molecule has 1 aliphatic heterocycles. The molecule has 2 amide bonds. The van der Waals surface area contributed by atoms with Crippen LogP contribution in [-0.2, 0) is 25.7 Å². The van der Waals surface area contributed by atoms with E-state index in [1.54, 1.807) is 24.3 Å². The number of hydrogen-bond donors (Lipinski definition) is 2. The predicted molar refractivity (Wildman–Crippen MR) is 86.6 cm³/mol. The van der Waals surface area contributed by atoms with Crippen LogP contribution in [0.15, 0.2) is 30.3 Å². The molecule has 0 aromatic heterocycles. The zero-order valence-electron chi connectivity index (χ0n) is 13.6. The molecule has 8 heteroatoms. The highest BCUT2D eigenvalue weighted by Crippen LogP contribution is 2.09. The van der Waals surface area contributed by atoms with Crippen LogP contribution in [-0.4, -0.2) is 52.9 Å². The molecule has 0 radical (unpaired) electrons. The van der Waals surface area contributed by atoms with Crippen molar-refractivity contribution in [1.29, 1.82) is 0 Å². The summed E-state index contributed by atoms with van der Waals surface area (Å²) in [5.41, 5.74) is 0.763. The molecule has 1 aliphatic rings. The number of nitrogens with one attached hydrogen (secondary N) is 1. The number of benzene rings is 1. The van der Waals surface area contributed by atoms with E-state index in [4.69, 9.17) is 4.74 Å². The second-order valence-corrected chi connectivity index (χ2v) is 5.72. The molecule has 0 spiro atoms. The quantitative estimate of drug-likeness (QED) is 0.791. The van der Waals surface area contributed by atoms with Gasteiger partial charge in [0.1, 0.15) is 18.4 Å². The highest BCUT2D eigenvalue weighted by Gasteiger charge is 2.28.